The van der Waals surface area contributed by atoms with Gasteiger partial charge in [0.25, 0.3) is 0 Å². The van der Waals surface area contributed by atoms with Gasteiger partial charge in [0, 0.05) is 11.8 Å². The van der Waals surface area contributed by atoms with E-state index in [0.717, 1.165) is 19.3 Å². The van der Waals surface area contributed by atoms with Crippen LogP contribution in [0.25, 0.3) is 17.2 Å². The van der Waals surface area contributed by atoms with Gasteiger partial charge in [-0.15, -0.1) is 0 Å². The Balaban J connectivity index is 1.81. The molecule has 0 heteroatoms. The lowest BCUT2D eigenvalue weighted by Crippen LogP contribution is -2.33. The first-order chi connectivity index (χ1) is 15.1. The van der Waals surface area contributed by atoms with E-state index < -0.39 is 0 Å². The molecule has 0 heterocycles. The van der Waals surface area contributed by atoms with Crippen LogP contribution in [0.2, 0.25) is 0 Å². The van der Waals surface area contributed by atoms with E-state index >= 15 is 0 Å². The van der Waals surface area contributed by atoms with Crippen molar-refractivity contribution in [1.82, 2.24) is 0 Å². The average Bonchev–Trinajstić information content (AvgIpc) is 3.05. The first-order valence-corrected chi connectivity index (χ1v) is 11.8. The molecular weight excluding hydrogens is 372 g/mol. The van der Waals surface area contributed by atoms with Gasteiger partial charge in [-0.05, 0) is 70.4 Å². The van der Waals surface area contributed by atoms with Crippen molar-refractivity contribution in [2.75, 3.05) is 0 Å². The Morgan fingerprint density at radius 3 is 2.58 bits per heavy atom. The first kappa shape index (κ1) is 20.1. The van der Waals surface area contributed by atoms with Gasteiger partial charge in [-0.25, -0.2) is 0 Å². The lowest BCUT2D eigenvalue weighted by molar-refractivity contribution is 0.833. The van der Waals surface area contributed by atoms with Crippen molar-refractivity contribution < 1.29 is 0 Å². The number of hydrogen-bond acceptors (Lipinski definition) is 0. The summed E-state index contributed by atoms with van der Waals surface area (Å²) in [5.74, 6) is 1.27. The van der Waals surface area contributed by atoms with Crippen LogP contribution < -0.4 is 10.4 Å². The molecule has 0 N–H and O–H groups in total. The Bertz CT molecular complexity index is 1230. The highest BCUT2D eigenvalue weighted by Crippen LogP contribution is 2.37. The van der Waals surface area contributed by atoms with Crippen LogP contribution >= 0.6 is 0 Å². The van der Waals surface area contributed by atoms with Gasteiger partial charge < -0.3 is 0 Å². The molecule has 0 amide bonds. The fourth-order valence-electron chi connectivity index (χ4n) is 5.31. The summed E-state index contributed by atoms with van der Waals surface area (Å²) >= 11 is 0. The Morgan fingerprint density at radius 2 is 1.81 bits per heavy atom. The lowest BCUT2D eigenvalue weighted by atomic mass is 9.81. The maximum atomic E-state index is 2.49. The second-order valence-corrected chi connectivity index (χ2v) is 9.34. The summed E-state index contributed by atoms with van der Waals surface area (Å²) in [5.41, 5.74) is 8.58. The highest BCUT2D eigenvalue weighted by atomic mass is 14.3. The molecule has 0 bridgehead atoms. The third-order valence-electron chi connectivity index (χ3n) is 7.21. The van der Waals surface area contributed by atoms with E-state index in [1.165, 1.54) is 43.9 Å². The van der Waals surface area contributed by atoms with Gasteiger partial charge in [-0.3, -0.25) is 0 Å². The van der Waals surface area contributed by atoms with E-state index in [2.05, 4.69) is 106 Å². The van der Waals surface area contributed by atoms with Gasteiger partial charge >= 0.3 is 0 Å². The molecule has 1 aromatic rings. The molecular formula is C31H32. The van der Waals surface area contributed by atoms with Gasteiger partial charge in [0.05, 0.1) is 0 Å². The van der Waals surface area contributed by atoms with Crippen molar-refractivity contribution in [3.05, 3.63) is 112 Å². The molecule has 0 saturated carbocycles. The molecule has 3 atom stereocenters. The largest absolute Gasteiger partial charge is 0.0836 e. The van der Waals surface area contributed by atoms with Crippen LogP contribution in [-0.4, -0.2) is 0 Å². The van der Waals surface area contributed by atoms with Crippen molar-refractivity contribution in [2.45, 2.75) is 46.0 Å². The van der Waals surface area contributed by atoms with Crippen LogP contribution in [0.1, 0.15) is 57.1 Å². The molecule has 0 aliphatic heterocycles. The van der Waals surface area contributed by atoms with E-state index in [9.17, 15) is 0 Å². The lowest BCUT2D eigenvalue weighted by Gasteiger charge is -2.23. The SMILES string of the molecule is CC1=CC=C(C2C=CC=CC2)c2ccc3c(c2C1C)=CC(C)C=CC=3C1=CCCC=C1. The number of fused-ring (bicyclic) bond motifs is 3. The minimum absolute atomic E-state index is 0.403. The van der Waals surface area contributed by atoms with Gasteiger partial charge in [0.2, 0.25) is 0 Å². The number of allylic oxidation sites excluding steroid dienone is 14. The fourth-order valence-corrected chi connectivity index (χ4v) is 5.31. The zero-order valence-electron chi connectivity index (χ0n) is 18.9. The van der Waals surface area contributed by atoms with E-state index in [0.29, 0.717) is 17.8 Å². The highest BCUT2D eigenvalue weighted by molar-refractivity contribution is 5.80. The van der Waals surface area contributed by atoms with Crippen molar-refractivity contribution in [1.29, 1.82) is 0 Å². The van der Waals surface area contributed by atoms with Gasteiger partial charge in [-0.2, -0.15) is 0 Å². The van der Waals surface area contributed by atoms with E-state index in [4.69, 9.17) is 0 Å². The molecule has 1 aromatic carbocycles. The van der Waals surface area contributed by atoms with Crippen molar-refractivity contribution >= 4 is 17.2 Å². The molecule has 0 spiro atoms. The topological polar surface area (TPSA) is 0 Å². The summed E-state index contributed by atoms with van der Waals surface area (Å²) in [6.45, 7) is 6.98. The van der Waals surface area contributed by atoms with Gasteiger partial charge in [0.15, 0.2) is 0 Å². The molecule has 156 valence electrons. The Morgan fingerprint density at radius 1 is 0.903 bits per heavy atom. The van der Waals surface area contributed by atoms with Gasteiger partial charge in [0.1, 0.15) is 0 Å². The van der Waals surface area contributed by atoms with Crippen molar-refractivity contribution in [2.24, 2.45) is 11.8 Å². The zero-order chi connectivity index (χ0) is 21.4. The quantitative estimate of drug-likeness (QED) is 0.516. The van der Waals surface area contributed by atoms with E-state index in [-0.39, 0.29) is 0 Å². The molecule has 31 heavy (non-hydrogen) atoms. The van der Waals surface area contributed by atoms with Crippen LogP contribution in [0.15, 0.2) is 90.1 Å². The van der Waals surface area contributed by atoms with Crippen LogP contribution in [0.4, 0.5) is 0 Å². The Hall–Kier alpha value is -2.86. The summed E-state index contributed by atoms with van der Waals surface area (Å²) in [6, 6.07) is 4.79. The smallest absolute Gasteiger partial charge is 0.00617 e. The predicted octanol–water partition coefficient (Wildman–Crippen LogP) is 6.68. The average molecular weight is 405 g/mol. The minimum Gasteiger partial charge on any atom is -0.0836 e. The Labute approximate surface area is 186 Å². The van der Waals surface area contributed by atoms with Crippen LogP contribution in [-0.2, 0) is 0 Å². The van der Waals surface area contributed by atoms with Crippen LogP contribution in [0.5, 0.6) is 0 Å². The predicted molar refractivity (Wildman–Crippen MR) is 135 cm³/mol. The summed E-state index contributed by atoms with van der Waals surface area (Å²) in [7, 11) is 0. The van der Waals surface area contributed by atoms with E-state index in [1.54, 1.807) is 0 Å². The second-order valence-electron chi connectivity index (χ2n) is 9.34. The summed E-state index contributed by atoms with van der Waals surface area (Å²) in [6.07, 6.45) is 31.4. The van der Waals surface area contributed by atoms with Crippen molar-refractivity contribution in [3.8, 4) is 0 Å². The number of hydrogen-bond donors (Lipinski definition) is 0. The normalized spacial score (nSPS) is 26.7. The summed E-state index contributed by atoms with van der Waals surface area (Å²) in [5, 5.41) is 2.82. The minimum atomic E-state index is 0.403. The standard InChI is InChI=1S/C31H32/c1-21-14-16-26(24-10-6-4-7-11-24)28-18-19-29-27(25-12-8-5-9-13-25)17-15-22(2)23(3)31(29)30(28)20-21/h5-6,8-12,14-21,23,25H,4,7,13H2,1-3H3. The maximum absolute atomic E-state index is 2.49. The zero-order valence-corrected chi connectivity index (χ0v) is 18.9. The van der Waals surface area contributed by atoms with Gasteiger partial charge in [-0.1, -0.05) is 104 Å². The second kappa shape index (κ2) is 8.35. The molecule has 0 fully saturated rings. The van der Waals surface area contributed by atoms with Crippen molar-refractivity contribution in [3.63, 3.8) is 0 Å². The molecule has 0 saturated heterocycles. The third-order valence-corrected chi connectivity index (χ3v) is 7.21. The first-order valence-electron chi connectivity index (χ1n) is 11.8. The molecule has 0 nitrogen and oxygen atoms in total. The molecule has 4 aliphatic carbocycles. The van der Waals surface area contributed by atoms with E-state index in [1.807, 2.05) is 0 Å². The number of rotatable bonds is 2. The maximum Gasteiger partial charge on any atom is 0.00617 e. The summed E-state index contributed by atoms with van der Waals surface area (Å²) < 4.78 is 0. The molecule has 5 rings (SSSR count). The summed E-state index contributed by atoms with van der Waals surface area (Å²) in [4.78, 5) is 0. The number of benzene rings is 1. The molecule has 0 aromatic heterocycles. The monoisotopic (exact) mass is 404 g/mol. The van der Waals surface area contributed by atoms with Crippen LogP contribution in [0, 0.1) is 11.8 Å². The highest BCUT2D eigenvalue weighted by Gasteiger charge is 2.24. The molecule has 0 radical (unpaired) electrons. The fraction of sp³-hybridized carbons (Fsp3) is 0.290. The third kappa shape index (κ3) is 3.69. The van der Waals surface area contributed by atoms with Crippen LogP contribution in [0.3, 0.4) is 0 Å². The molecule has 3 unspecified atom stereocenters. The molecule has 4 aliphatic rings. The Kier molecular flexibility index (Phi) is 5.40.